The molecule has 2 aromatic rings. The van der Waals surface area contributed by atoms with E-state index in [1.54, 1.807) is 5.19 Å². The van der Waals surface area contributed by atoms with Gasteiger partial charge in [-0.15, -0.1) is 0 Å². The topological polar surface area (TPSA) is 0 Å². The van der Waals surface area contributed by atoms with Gasteiger partial charge in [0, 0.05) is 0 Å². The summed E-state index contributed by atoms with van der Waals surface area (Å²) < 4.78 is 0. The molecule has 1 saturated heterocycles. The van der Waals surface area contributed by atoms with Crippen LogP contribution in [0.3, 0.4) is 0 Å². The van der Waals surface area contributed by atoms with Crippen LogP contribution in [0.1, 0.15) is 32.6 Å². The van der Waals surface area contributed by atoms with Crippen molar-refractivity contribution in [3.8, 4) is 0 Å². The van der Waals surface area contributed by atoms with Crippen molar-refractivity contribution in [1.29, 1.82) is 0 Å². The van der Waals surface area contributed by atoms with Crippen molar-refractivity contribution in [3.05, 3.63) is 42.5 Å². The first kappa shape index (κ1) is 12.9. The van der Waals surface area contributed by atoms with E-state index in [2.05, 4.69) is 49.4 Å². The van der Waals surface area contributed by atoms with Gasteiger partial charge in [0.05, 0.1) is 8.80 Å². The van der Waals surface area contributed by atoms with Gasteiger partial charge in [-0.3, -0.25) is 0 Å². The van der Waals surface area contributed by atoms with E-state index < -0.39 is 0 Å². The Kier molecular flexibility index (Phi) is 4.02. The molecule has 0 bridgehead atoms. The minimum absolute atomic E-state index is 0.258. The molecule has 0 spiro atoms. The molecular formula is C18H23Si. The Bertz CT molecular complexity index is 546. The summed E-state index contributed by atoms with van der Waals surface area (Å²) in [7, 11) is -0.258. The van der Waals surface area contributed by atoms with Crippen LogP contribution < -0.4 is 5.19 Å². The second-order valence-electron chi connectivity index (χ2n) is 5.92. The van der Waals surface area contributed by atoms with Gasteiger partial charge >= 0.3 is 0 Å². The lowest BCUT2D eigenvalue weighted by Gasteiger charge is -2.11. The largest absolute Gasteiger partial charge is 0.0859 e. The number of hydrogen-bond acceptors (Lipinski definition) is 0. The number of hydrogen-bond donors (Lipinski definition) is 0. The summed E-state index contributed by atoms with van der Waals surface area (Å²) in [6, 6.07) is 19.0. The Morgan fingerprint density at radius 2 is 1.95 bits per heavy atom. The zero-order valence-electron chi connectivity index (χ0n) is 11.9. The molecule has 0 saturated carbocycles. The zero-order valence-corrected chi connectivity index (χ0v) is 12.9. The third kappa shape index (κ3) is 2.92. The fourth-order valence-corrected chi connectivity index (χ4v) is 6.61. The van der Waals surface area contributed by atoms with Crippen molar-refractivity contribution in [1.82, 2.24) is 0 Å². The monoisotopic (exact) mass is 267 g/mol. The molecule has 0 aromatic heterocycles. The van der Waals surface area contributed by atoms with Crippen LogP contribution in [0.25, 0.3) is 10.8 Å². The van der Waals surface area contributed by atoms with Crippen LogP contribution in [0.5, 0.6) is 0 Å². The van der Waals surface area contributed by atoms with Crippen LogP contribution in [-0.4, -0.2) is 8.80 Å². The molecule has 1 fully saturated rings. The molecule has 1 unspecified atom stereocenters. The van der Waals surface area contributed by atoms with E-state index in [1.807, 2.05) is 0 Å². The van der Waals surface area contributed by atoms with Gasteiger partial charge in [0.2, 0.25) is 0 Å². The van der Waals surface area contributed by atoms with Crippen LogP contribution in [0.4, 0.5) is 0 Å². The van der Waals surface area contributed by atoms with Crippen LogP contribution in [-0.2, 0) is 0 Å². The maximum atomic E-state index is 2.46. The van der Waals surface area contributed by atoms with Crippen molar-refractivity contribution in [3.63, 3.8) is 0 Å². The van der Waals surface area contributed by atoms with Gasteiger partial charge in [-0.1, -0.05) is 92.3 Å². The molecule has 0 N–H and O–H groups in total. The van der Waals surface area contributed by atoms with Crippen molar-refractivity contribution in [2.75, 3.05) is 0 Å². The van der Waals surface area contributed by atoms with E-state index in [-0.39, 0.29) is 8.80 Å². The third-order valence-corrected chi connectivity index (χ3v) is 7.60. The normalized spacial score (nSPS) is 20.2. The quantitative estimate of drug-likeness (QED) is 0.701. The molecule has 2 aromatic carbocycles. The summed E-state index contributed by atoms with van der Waals surface area (Å²) in [5.41, 5.74) is 0. The molecule has 0 aliphatic carbocycles. The summed E-state index contributed by atoms with van der Waals surface area (Å²) in [6.45, 7) is 2.31. The molecule has 1 heteroatoms. The summed E-state index contributed by atoms with van der Waals surface area (Å²) in [6.07, 6.45) is 5.74. The fourth-order valence-electron chi connectivity index (χ4n) is 3.34. The molecule has 99 valence electrons. The Hall–Kier alpha value is -1.08. The van der Waals surface area contributed by atoms with Gasteiger partial charge in [0.15, 0.2) is 0 Å². The predicted octanol–water partition coefficient (Wildman–Crippen LogP) is 4.75. The lowest BCUT2D eigenvalue weighted by atomic mass is 10.0. The lowest BCUT2D eigenvalue weighted by Crippen LogP contribution is -2.26. The van der Waals surface area contributed by atoms with Crippen LogP contribution >= 0.6 is 0 Å². The molecule has 19 heavy (non-hydrogen) atoms. The van der Waals surface area contributed by atoms with E-state index in [4.69, 9.17) is 0 Å². The second-order valence-corrected chi connectivity index (χ2v) is 8.61. The molecule has 1 radical (unpaired) electrons. The molecule has 1 heterocycles. The molecular weight excluding hydrogens is 244 g/mol. The average Bonchev–Trinajstić information content (AvgIpc) is 2.93. The van der Waals surface area contributed by atoms with Crippen LogP contribution in [0.15, 0.2) is 42.5 Å². The summed E-state index contributed by atoms with van der Waals surface area (Å²) in [5.74, 6) is 1.03. The maximum Gasteiger partial charge on any atom is 0.0859 e. The Morgan fingerprint density at radius 3 is 2.79 bits per heavy atom. The van der Waals surface area contributed by atoms with E-state index in [1.165, 1.54) is 48.5 Å². The van der Waals surface area contributed by atoms with Crippen LogP contribution in [0, 0.1) is 5.92 Å². The maximum absolute atomic E-state index is 2.46. The molecule has 1 aliphatic rings. The first-order chi connectivity index (χ1) is 9.36. The van der Waals surface area contributed by atoms with Crippen LogP contribution in [0.2, 0.25) is 12.1 Å². The standard InChI is InChI=1S/C18H23Si/c1-2-3-6-15-11-12-19(14-15)18-10-9-16-7-4-5-8-17(16)13-18/h4-5,7-10,13,15H,2-3,6,11-12,14H2,1H3. The molecule has 3 rings (SSSR count). The van der Waals surface area contributed by atoms with E-state index in [9.17, 15) is 0 Å². The van der Waals surface area contributed by atoms with Gasteiger partial charge < -0.3 is 0 Å². The summed E-state index contributed by atoms with van der Waals surface area (Å²) in [5, 5.41) is 4.48. The molecule has 0 nitrogen and oxygen atoms in total. The highest BCUT2D eigenvalue weighted by Crippen LogP contribution is 2.31. The molecule has 0 amide bonds. The minimum atomic E-state index is -0.258. The van der Waals surface area contributed by atoms with Gasteiger partial charge in [-0.25, -0.2) is 0 Å². The smallest absolute Gasteiger partial charge is 0.0654 e. The van der Waals surface area contributed by atoms with Gasteiger partial charge in [0.25, 0.3) is 0 Å². The van der Waals surface area contributed by atoms with Crippen molar-refractivity contribution in [2.45, 2.75) is 44.7 Å². The first-order valence-corrected chi connectivity index (χ1v) is 9.62. The van der Waals surface area contributed by atoms with E-state index in [0.29, 0.717) is 0 Å². The lowest BCUT2D eigenvalue weighted by molar-refractivity contribution is 0.510. The third-order valence-electron chi connectivity index (χ3n) is 4.51. The van der Waals surface area contributed by atoms with Gasteiger partial charge in [-0.2, -0.15) is 0 Å². The molecule has 1 atom stereocenters. The summed E-state index contributed by atoms with van der Waals surface area (Å²) >= 11 is 0. The average molecular weight is 267 g/mol. The Morgan fingerprint density at radius 1 is 1.11 bits per heavy atom. The first-order valence-electron chi connectivity index (χ1n) is 7.70. The second kappa shape index (κ2) is 5.92. The predicted molar refractivity (Wildman–Crippen MR) is 86.6 cm³/mol. The fraction of sp³-hybridized carbons (Fsp3) is 0.444. The number of benzene rings is 2. The molecule has 1 aliphatic heterocycles. The SMILES string of the molecule is CCCCC1CC[Si](c2ccc3ccccc3c2)C1. The Balaban J connectivity index is 1.74. The highest BCUT2D eigenvalue weighted by molar-refractivity contribution is 6.74. The van der Waals surface area contributed by atoms with Crippen molar-refractivity contribution < 1.29 is 0 Å². The van der Waals surface area contributed by atoms with Crippen molar-refractivity contribution in [2.24, 2.45) is 5.92 Å². The Labute approximate surface area is 118 Å². The number of fused-ring (bicyclic) bond motifs is 1. The number of rotatable bonds is 4. The summed E-state index contributed by atoms with van der Waals surface area (Å²) in [4.78, 5) is 0. The van der Waals surface area contributed by atoms with Gasteiger partial charge in [-0.05, 0) is 16.7 Å². The van der Waals surface area contributed by atoms with E-state index >= 15 is 0 Å². The zero-order chi connectivity index (χ0) is 13.1. The highest BCUT2D eigenvalue weighted by Gasteiger charge is 2.26. The minimum Gasteiger partial charge on any atom is -0.0654 e. The highest BCUT2D eigenvalue weighted by atomic mass is 28.3. The number of unbranched alkanes of at least 4 members (excludes halogenated alkanes) is 1. The van der Waals surface area contributed by atoms with Crippen molar-refractivity contribution >= 4 is 24.8 Å². The van der Waals surface area contributed by atoms with Gasteiger partial charge in [0.1, 0.15) is 0 Å². The van der Waals surface area contributed by atoms with E-state index in [0.717, 1.165) is 5.92 Å².